The topological polar surface area (TPSA) is 90.0 Å². The van der Waals surface area contributed by atoms with Crippen molar-refractivity contribution >= 4 is 39.9 Å². The van der Waals surface area contributed by atoms with Crippen LogP contribution >= 0.6 is 22.6 Å². The number of nitrogens with two attached hydrogens (primary N) is 1. The highest BCUT2D eigenvalue weighted by Gasteiger charge is 2.08. The lowest BCUT2D eigenvalue weighted by Gasteiger charge is -2.08. The third-order valence-corrected chi connectivity index (χ3v) is 3.19. The fourth-order valence-electron chi connectivity index (χ4n) is 1.51. The molecule has 1 heterocycles. The molecule has 0 aliphatic carbocycles. The normalized spacial score (nSPS) is 10.3. The number of nitrogens with zero attached hydrogens (tertiary/aromatic N) is 2. The van der Waals surface area contributed by atoms with Crippen LogP contribution in [0.3, 0.4) is 0 Å². The van der Waals surface area contributed by atoms with Crippen LogP contribution in [0.1, 0.15) is 0 Å². The molecular formula is C12H10FIN4O2. The van der Waals surface area contributed by atoms with E-state index in [-0.39, 0.29) is 17.8 Å². The Bertz CT molecular complexity index is 717. The van der Waals surface area contributed by atoms with Gasteiger partial charge in [-0.1, -0.05) is 0 Å². The first-order valence-electron chi connectivity index (χ1n) is 5.52. The third-order valence-electron chi connectivity index (χ3n) is 2.45. The fraction of sp³-hybridized carbons (Fsp3) is 0.0833. The van der Waals surface area contributed by atoms with Crippen molar-refractivity contribution in [2.75, 3.05) is 11.1 Å². The van der Waals surface area contributed by atoms with Gasteiger partial charge in [-0.2, -0.15) is 0 Å². The molecule has 0 saturated heterocycles. The Labute approximate surface area is 127 Å². The summed E-state index contributed by atoms with van der Waals surface area (Å²) in [5.74, 6) is -0.983. The molecule has 0 spiro atoms. The SMILES string of the molecule is Nc1cc(NC(=O)Cn2cncc(I)c2=O)ccc1F. The Morgan fingerprint density at radius 2 is 2.25 bits per heavy atom. The molecule has 2 aromatic rings. The first-order valence-corrected chi connectivity index (χ1v) is 6.60. The first-order chi connectivity index (χ1) is 9.47. The molecule has 1 amide bonds. The van der Waals surface area contributed by atoms with Crippen molar-refractivity contribution in [2.45, 2.75) is 6.54 Å². The van der Waals surface area contributed by atoms with Crippen LogP contribution in [0.5, 0.6) is 0 Å². The van der Waals surface area contributed by atoms with Gasteiger partial charge in [0.05, 0.1) is 15.6 Å². The van der Waals surface area contributed by atoms with Crippen LogP contribution in [0.25, 0.3) is 0 Å². The minimum absolute atomic E-state index is 0.0594. The van der Waals surface area contributed by atoms with E-state index in [4.69, 9.17) is 5.73 Å². The van der Waals surface area contributed by atoms with E-state index in [2.05, 4.69) is 10.3 Å². The van der Waals surface area contributed by atoms with Crippen LogP contribution in [-0.2, 0) is 11.3 Å². The predicted molar refractivity (Wildman–Crippen MR) is 80.7 cm³/mol. The number of amides is 1. The number of hydrogen-bond acceptors (Lipinski definition) is 4. The highest BCUT2D eigenvalue weighted by atomic mass is 127. The van der Waals surface area contributed by atoms with Crippen LogP contribution in [0, 0.1) is 9.39 Å². The van der Waals surface area contributed by atoms with Crippen molar-refractivity contribution < 1.29 is 9.18 Å². The lowest BCUT2D eigenvalue weighted by molar-refractivity contribution is -0.116. The Hall–Kier alpha value is -1.97. The first kappa shape index (κ1) is 14.4. The number of carbonyl (C=O) groups excluding carboxylic acids is 1. The summed E-state index contributed by atoms with van der Waals surface area (Å²) in [5.41, 5.74) is 5.41. The maximum Gasteiger partial charge on any atom is 0.267 e. The molecule has 6 nitrogen and oxygen atoms in total. The monoisotopic (exact) mass is 388 g/mol. The van der Waals surface area contributed by atoms with Crippen molar-refractivity contribution in [3.8, 4) is 0 Å². The number of nitrogens with one attached hydrogen (secondary N) is 1. The molecule has 8 heteroatoms. The van der Waals surface area contributed by atoms with E-state index in [1.54, 1.807) is 0 Å². The van der Waals surface area contributed by atoms with Crippen LogP contribution in [0.2, 0.25) is 0 Å². The van der Waals surface area contributed by atoms with Gasteiger partial charge in [-0.05, 0) is 40.8 Å². The Morgan fingerprint density at radius 3 is 2.95 bits per heavy atom. The molecule has 3 N–H and O–H groups in total. The maximum absolute atomic E-state index is 13.0. The minimum Gasteiger partial charge on any atom is -0.396 e. The van der Waals surface area contributed by atoms with Gasteiger partial charge >= 0.3 is 0 Å². The van der Waals surface area contributed by atoms with E-state index in [9.17, 15) is 14.0 Å². The highest BCUT2D eigenvalue weighted by molar-refractivity contribution is 14.1. The summed E-state index contributed by atoms with van der Waals surface area (Å²) < 4.78 is 14.6. The summed E-state index contributed by atoms with van der Waals surface area (Å²) in [4.78, 5) is 27.4. The fourth-order valence-corrected chi connectivity index (χ4v) is 1.98. The molecule has 1 aromatic carbocycles. The zero-order chi connectivity index (χ0) is 14.7. The van der Waals surface area contributed by atoms with E-state index >= 15 is 0 Å². The zero-order valence-electron chi connectivity index (χ0n) is 10.1. The number of nitrogen functional groups attached to an aromatic ring is 1. The summed E-state index contributed by atoms with van der Waals surface area (Å²) in [6.07, 6.45) is 2.70. The number of hydrogen-bond donors (Lipinski definition) is 2. The van der Waals surface area contributed by atoms with Gasteiger partial charge in [0, 0.05) is 11.9 Å². The summed E-state index contributed by atoms with van der Waals surface area (Å²) in [6, 6.07) is 3.85. The van der Waals surface area contributed by atoms with Crippen LogP contribution < -0.4 is 16.6 Å². The van der Waals surface area contributed by atoms with Gasteiger partial charge in [0.25, 0.3) is 5.56 Å². The van der Waals surface area contributed by atoms with Crippen molar-refractivity contribution in [2.24, 2.45) is 0 Å². The minimum atomic E-state index is -0.555. The van der Waals surface area contributed by atoms with E-state index in [1.807, 2.05) is 22.6 Å². The second-order valence-corrected chi connectivity index (χ2v) is 5.12. The molecule has 0 radical (unpaired) electrons. The predicted octanol–water partition coefficient (Wildman–Crippen LogP) is 1.21. The molecule has 2 rings (SSSR count). The van der Waals surface area contributed by atoms with Gasteiger partial charge < -0.3 is 11.1 Å². The number of halogens is 2. The third kappa shape index (κ3) is 3.32. The highest BCUT2D eigenvalue weighted by Crippen LogP contribution is 2.16. The second kappa shape index (κ2) is 5.99. The van der Waals surface area contributed by atoms with Gasteiger partial charge in [0.15, 0.2) is 0 Å². The number of anilines is 2. The summed E-state index contributed by atoms with van der Waals surface area (Å²) in [6.45, 7) is -0.181. The van der Waals surface area contributed by atoms with Gasteiger partial charge in [-0.3, -0.25) is 14.2 Å². The van der Waals surface area contributed by atoms with Crippen LogP contribution in [-0.4, -0.2) is 15.5 Å². The molecule has 0 aliphatic rings. The van der Waals surface area contributed by atoms with Crippen LogP contribution in [0.4, 0.5) is 15.8 Å². The molecular weight excluding hydrogens is 378 g/mol. The second-order valence-electron chi connectivity index (χ2n) is 3.96. The van der Waals surface area contributed by atoms with Crippen molar-refractivity contribution in [1.82, 2.24) is 9.55 Å². The van der Waals surface area contributed by atoms with Gasteiger partial charge in [0.1, 0.15) is 12.4 Å². The molecule has 104 valence electrons. The molecule has 0 atom stereocenters. The Balaban J connectivity index is 2.11. The Kier molecular flexibility index (Phi) is 4.32. The van der Waals surface area contributed by atoms with Gasteiger partial charge in [-0.25, -0.2) is 9.37 Å². The standard InChI is InChI=1S/C12H10FIN4O2/c13-8-2-1-7(3-10(8)15)17-11(19)5-18-6-16-4-9(14)12(18)20/h1-4,6H,5,15H2,(H,17,19). The van der Waals surface area contributed by atoms with Crippen molar-refractivity contribution in [1.29, 1.82) is 0 Å². The van der Waals surface area contributed by atoms with E-state index in [1.165, 1.54) is 29.2 Å². The van der Waals surface area contributed by atoms with E-state index in [0.717, 1.165) is 6.07 Å². The average Bonchev–Trinajstić information content (AvgIpc) is 2.39. The van der Waals surface area contributed by atoms with Crippen molar-refractivity contribution in [3.63, 3.8) is 0 Å². The molecule has 20 heavy (non-hydrogen) atoms. The lowest BCUT2D eigenvalue weighted by atomic mass is 10.2. The Morgan fingerprint density at radius 1 is 1.50 bits per heavy atom. The zero-order valence-corrected chi connectivity index (χ0v) is 12.3. The molecule has 0 fully saturated rings. The lowest BCUT2D eigenvalue weighted by Crippen LogP contribution is -2.29. The van der Waals surface area contributed by atoms with E-state index < -0.39 is 11.7 Å². The smallest absolute Gasteiger partial charge is 0.267 e. The summed E-state index contributed by atoms with van der Waals surface area (Å²) >= 11 is 1.84. The number of aromatic nitrogens is 2. The molecule has 0 unspecified atom stereocenters. The quantitative estimate of drug-likeness (QED) is 0.611. The maximum atomic E-state index is 13.0. The van der Waals surface area contributed by atoms with Crippen molar-refractivity contribution in [3.05, 3.63) is 50.5 Å². The molecule has 1 aromatic heterocycles. The average molecular weight is 388 g/mol. The summed E-state index contributed by atoms with van der Waals surface area (Å²) in [7, 11) is 0. The molecule has 0 bridgehead atoms. The van der Waals surface area contributed by atoms with E-state index in [0.29, 0.717) is 9.26 Å². The summed E-state index contributed by atoms with van der Waals surface area (Å²) in [5, 5.41) is 2.53. The molecule has 0 aliphatic heterocycles. The van der Waals surface area contributed by atoms with Gasteiger partial charge in [-0.15, -0.1) is 0 Å². The largest absolute Gasteiger partial charge is 0.396 e. The molecule has 0 saturated carbocycles. The van der Waals surface area contributed by atoms with Gasteiger partial charge in [0.2, 0.25) is 5.91 Å². The number of rotatable bonds is 3. The number of carbonyl (C=O) groups is 1. The number of benzene rings is 1. The van der Waals surface area contributed by atoms with Crippen LogP contribution in [0.15, 0.2) is 35.5 Å².